The number of fused-ring (bicyclic) bond motifs is 5. The average molecular weight is 714 g/mol. The molecule has 3 N–H and O–H groups in total. The number of phosphoric ester groups is 1. The number of allylic oxidation sites excluding steroid dienone is 3. The van der Waals surface area contributed by atoms with Crippen LogP contribution in [0.25, 0.3) is 0 Å². The Morgan fingerprint density at radius 2 is 1.76 bits per heavy atom. The van der Waals surface area contributed by atoms with Crippen LogP contribution in [-0.2, 0) is 23.1 Å². The van der Waals surface area contributed by atoms with Gasteiger partial charge in [0.2, 0.25) is 0 Å². The highest BCUT2D eigenvalue weighted by Gasteiger charge is 2.59. The molecule has 49 heavy (non-hydrogen) atoms. The number of hydrogen-bond acceptors (Lipinski definition) is 8. The number of ether oxygens (including phenoxy) is 2. The smallest absolute Gasteiger partial charge is 0.508 e. The van der Waals surface area contributed by atoms with Crippen molar-refractivity contribution >= 4 is 14.0 Å². The van der Waals surface area contributed by atoms with Crippen LogP contribution in [0.5, 0.6) is 0 Å². The zero-order chi connectivity index (χ0) is 35.5. The van der Waals surface area contributed by atoms with Gasteiger partial charge in [-0.1, -0.05) is 65.3 Å². The fraction of sp³-hybridized carbons (Fsp3) is 0.868. The van der Waals surface area contributed by atoms with Gasteiger partial charge in [0.25, 0.3) is 0 Å². The number of nitrogens with zero attached hydrogens (tertiary/aromatic N) is 1. The molecule has 4 rings (SSSR count). The molecule has 3 fully saturated rings. The molecule has 0 amide bonds. The van der Waals surface area contributed by atoms with Crippen LogP contribution in [0.3, 0.4) is 0 Å². The van der Waals surface area contributed by atoms with E-state index in [-0.39, 0.29) is 23.6 Å². The van der Waals surface area contributed by atoms with Gasteiger partial charge < -0.3 is 29.4 Å². The maximum atomic E-state index is 12.5. The van der Waals surface area contributed by atoms with Crippen LogP contribution in [0.4, 0.5) is 4.79 Å². The summed E-state index contributed by atoms with van der Waals surface area (Å²) < 4.78 is 33.3. The molecule has 0 aromatic heterocycles. The van der Waals surface area contributed by atoms with Gasteiger partial charge in [-0.2, -0.15) is 0 Å². The molecule has 0 radical (unpaired) electrons. The van der Waals surface area contributed by atoms with Crippen LogP contribution < -0.4 is 0 Å². The van der Waals surface area contributed by atoms with Crippen molar-refractivity contribution in [3.8, 4) is 0 Å². The van der Waals surface area contributed by atoms with E-state index >= 15 is 0 Å². The van der Waals surface area contributed by atoms with E-state index in [1.54, 1.807) is 0 Å². The second-order valence-corrected chi connectivity index (χ2v) is 18.8. The lowest BCUT2D eigenvalue weighted by Crippen LogP contribution is -2.51. The van der Waals surface area contributed by atoms with E-state index < -0.39 is 33.3 Å². The standard InChI is InChI=1S/C38H66NO8P.H2O/c1-10-28(26(2)3)12-11-27(4)33-15-16-34-32-14-13-29-23-31(17-19-37(29,5)35(32)18-20-38(33,34)6)47-36(41)44-24-30(40)25-46-48(42,43)45-22-21-39(7,8)9;/h11-13,26-28,30-35,40H,10,14-25H2,1-9H3;1H2/b12-11+;/t27-,28-,30?,31+,32+,33-,34+,35+,37+,38-;/m1./s1. The molecule has 3 saturated carbocycles. The van der Waals surface area contributed by atoms with E-state index in [0.29, 0.717) is 40.1 Å². The van der Waals surface area contributed by atoms with Crippen molar-refractivity contribution in [2.24, 2.45) is 52.3 Å². The first-order chi connectivity index (χ1) is 22.4. The molecule has 0 bridgehead atoms. The first-order valence-corrected chi connectivity index (χ1v) is 20.2. The van der Waals surface area contributed by atoms with Gasteiger partial charge in [-0.05, 0) is 104 Å². The van der Waals surface area contributed by atoms with E-state index in [1.807, 2.05) is 21.1 Å². The molecule has 0 aromatic carbocycles. The second-order valence-electron chi connectivity index (χ2n) is 17.4. The van der Waals surface area contributed by atoms with Crippen LogP contribution in [0.15, 0.2) is 23.8 Å². The van der Waals surface area contributed by atoms with Crippen molar-refractivity contribution in [3.63, 3.8) is 0 Å². The topological polar surface area (TPSA) is 142 Å². The van der Waals surface area contributed by atoms with Crippen molar-refractivity contribution in [2.45, 2.75) is 112 Å². The molecular formula is C38H68NO9P. The van der Waals surface area contributed by atoms with Gasteiger partial charge in [-0.15, -0.1) is 0 Å². The van der Waals surface area contributed by atoms with Gasteiger partial charge >= 0.3 is 14.0 Å². The van der Waals surface area contributed by atoms with Crippen molar-refractivity contribution in [1.29, 1.82) is 0 Å². The first kappa shape index (κ1) is 42.2. The Kier molecular flexibility index (Phi) is 14.7. The minimum atomic E-state index is -4.32. The van der Waals surface area contributed by atoms with Gasteiger partial charge in [0, 0.05) is 6.42 Å². The molecule has 0 aliphatic heterocycles. The Balaban J connectivity index is 0.00000650. The number of quaternary nitrogens is 1. The quantitative estimate of drug-likeness (QED) is 0.0748. The molecule has 11 atom stereocenters. The maximum absolute atomic E-state index is 12.5. The number of carbonyl (C=O) groups is 1. The van der Waals surface area contributed by atoms with E-state index in [0.717, 1.165) is 43.4 Å². The summed E-state index contributed by atoms with van der Waals surface area (Å²) in [6.07, 6.45) is 15.3. The monoisotopic (exact) mass is 713 g/mol. The third kappa shape index (κ3) is 10.4. The van der Waals surface area contributed by atoms with E-state index in [1.165, 1.54) is 37.7 Å². The number of carbonyl (C=O) groups excluding carboxylic acids is 1. The fourth-order valence-corrected chi connectivity index (χ4v) is 10.7. The van der Waals surface area contributed by atoms with Crippen molar-refractivity contribution in [2.75, 3.05) is 47.5 Å². The minimum Gasteiger partial charge on any atom is -0.870 e. The molecule has 0 spiro atoms. The van der Waals surface area contributed by atoms with E-state index in [2.05, 4.69) is 59.8 Å². The van der Waals surface area contributed by atoms with Gasteiger partial charge in [0.1, 0.15) is 32.0 Å². The molecule has 0 heterocycles. The predicted molar refractivity (Wildman–Crippen MR) is 191 cm³/mol. The lowest BCUT2D eigenvalue weighted by molar-refractivity contribution is -0.870. The fourth-order valence-electron chi connectivity index (χ4n) is 9.94. The van der Waals surface area contributed by atoms with Gasteiger partial charge in [-0.3, -0.25) is 9.05 Å². The zero-order valence-corrected chi connectivity index (χ0v) is 32.7. The lowest BCUT2D eigenvalue weighted by atomic mass is 9.47. The van der Waals surface area contributed by atoms with Gasteiger partial charge in [0.15, 0.2) is 0 Å². The second kappa shape index (κ2) is 17.0. The lowest BCUT2D eigenvalue weighted by Gasteiger charge is -2.58. The molecule has 0 aromatic rings. The highest BCUT2D eigenvalue weighted by Crippen LogP contribution is 2.67. The maximum Gasteiger partial charge on any atom is 0.508 e. The highest BCUT2D eigenvalue weighted by molar-refractivity contribution is 7.47. The summed E-state index contributed by atoms with van der Waals surface area (Å²) in [5.41, 5.74) is 1.97. The Morgan fingerprint density at radius 3 is 2.41 bits per heavy atom. The van der Waals surface area contributed by atoms with Crippen molar-refractivity contribution in [3.05, 3.63) is 23.8 Å². The third-order valence-electron chi connectivity index (χ3n) is 12.9. The number of aliphatic hydroxyl groups is 1. The summed E-state index contributed by atoms with van der Waals surface area (Å²) in [6.45, 7) is 14.2. The zero-order valence-electron chi connectivity index (χ0n) is 31.8. The largest absolute Gasteiger partial charge is 0.870 e. The van der Waals surface area contributed by atoms with Gasteiger partial charge in [0.05, 0.1) is 27.7 Å². The Hall–Kier alpha value is -1.26. The third-order valence-corrected chi connectivity index (χ3v) is 13.8. The Bertz CT molecular complexity index is 1200. The van der Waals surface area contributed by atoms with E-state index in [4.69, 9.17) is 18.5 Å². The molecule has 10 nitrogen and oxygen atoms in total. The molecule has 4 aliphatic carbocycles. The minimum absolute atomic E-state index is 0. The molecule has 11 heteroatoms. The van der Waals surface area contributed by atoms with Crippen LogP contribution in [0.2, 0.25) is 0 Å². The molecular weight excluding hydrogens is 645 g/mol. The first-order valence-electron chi connectivity index (χ1n) is 18.7. The number of likely N-dealkylation sites (N-methyl/N-ethyl adjacent to an activating group) is 1. The summed E-state index contributed by atoms with van der Waals surface area (Å²) in [6, 6.07) is 0. The number of rotatable bonds is 15. The normalized spacial score (nSPS) is 34.4. The SMILES string of the molecule is CC[C@H](/C=C/[C@@H](C)[C@H]1CC[C@H]2[C@@H]3CC=C4C[C@@H](OC(=O)OCC(O)COP(=O)(O)OCC[N+](C)(C)C)CC[C@]4(C)[C@H]3CC[C@]12C)C(C)C.[OH-]. The molecule has 4 aliphatic rings. The highest BCUT2D eigenvalue weighted by atomic mass is 31.2. The summed E-state index contributed by atoms with van der Waals surface area (Å²) in [4.78, 5) is 22.4. The summed E-state index contributed by atoms with van der Waals surface area (Å²) in [7, 11) is 1.49. The van der Waals surface area contributed by atoms with Crippen LogP contribution >= 0.6 is 7.82 Å². The molecule has 2 unspecified atom stereocenters. The van der Waals surface area contributed by atoms with Crippen LogP contribution in [0, 0.1) is 52.3 Å². The Labute approximate surface area is 296 Å². The molecule has 284 valence electrons. The number of phosphoric acid groups is 1. The molecule has 0 saturated heterocycles. The van der Waals surface area contributed by atoms with Crippen LogP contribution in [-0.4, -0.2) is 85.8 Å². The summed E-state index contributed by atoms with van der Waals surface area (Å²) in [5.74, 6) is 4.89. The van der Waals surface area contributed by atoms with Crippen LogP contribution in [0.1, 0.15) is 99.3 Å². The number of hydrogen-bond donors (Lipinski definition) is 2. The van der Waals surface area contributed by atoms with Gasteiger partial charge in [-0.25, -0.2) is 9.36 Å². The predicted octanol–water partition coefficient (Wildman–Crippen LogP) is 7.99. The van der Waals surface area contributed by atoms with E-state index in [9.17, 15) is 19.4 Å². The summed E-state index contributed by atoms with van der Waals surface area (Å²) in [5, 5.41) is 10.2. The van der Waals surface area contributed by atoms with Crippen molar-refractivity contribution < 1.29 is 47.8 Å². The average Bonchev–Trinajstić information content (AvgIpc) is 3.36. The summed E-state index contributed by atoms with van der Waals surface area (Å²) >= 11 is 0. The van der Waals surface area contributed by atoms with Crippen molar-refractivity contribution in [1.82, 2.24) is 0 Å². The number of aliphatic hydroxyl groups excluding tert-OH is 1. The Morgan fingerprint density at radius 1 is 1.04 bits per heavy atom.